The van der Waals surface area contributed by atoms with Crippen LogP contribution in [0, 0.1) is 10.5 Å². The molecule has 0 radical (unpaired) electrons. The summed E-state index contributed by atoms with van der Waals surface area (Å²) in [6.45, 7) is 4.89. The second kappa shape index (κ2) is 6.78. The third kappa shape index (κ3) is 3.57. The number of halogens is 2. The molecule has 1 aromatic carbocycles. The van der Waals surface area contributed by atoms with Gasteiger partial charge in [-0.15, -0.1) is 0 Å². The van der Waals surface area contributed by atoms with E-state index in [0.29, 0.717) is 5.75 Å². The van der Waals surface area contributed by atoms with Crippen molar-refractivity contribution in [1.29, 1.82) is 0 Å². The molecule has 0 aliphatic heterocycles. The zero-order valence-corrected chi connectivity index (χ0v) is 15.3. The molecule has 0 bridgehead atoms. The number of carbonyl (C=O) groups is 1. The fourth-order valence-electron chi connectivity index (χ4n) is 1.95. The lowest BCUT2D eigenvalue weighted by Crippen LogP contribution is -2.09. The van der Waals surface area contributed by atoms with Crippen molar-refractivity contribution in [2.45, 2.75) is 27.0 Å². The highest BCUT2D eigenvalue weighted by molar-refractivity contribution is 14.1. The SMILES string of the molecule is CCn1nc(C)c(Br)c1COc1ccc(I)cc1C(=O)O. The summed E-state index contributed by atoms with van der Waals surface area (Å²) in [4.78, 5) is 11.3. The summed E-state index contributed by atoms with van der Waals surface area (Å²) in [6.07, 6.45) is 0. The minimum absolute atomic E-state index is 0.164. The maximum absolute atomic E-state index is 11.3. The van der Waals surface area contributed by atoms with Crippen LogP contribution in [0.4, 0.5) is 0 Å². The van der Waals surface area contributed by atoms with E-state index < -0.39 is 5.97 Å². The third-order valence-electron chi connectivity index (χ3n) is 2.99. The van der Waals surface area contributed by atoms with E-state index in [-0.39, 0.29) is 12.2 Å². The molecule has 5 nitrogen and oxygen atoms in total. The summed E-state index contributed by atoms with van der Waals surface area (Å²) < 4.78 is 9.29. The van der Waals surface area contributed by atoms with Crippen molar-refractivity contribution in [3.63, 3.8) is 0 Å². The Morgan fingerprint density at radius 3 is 2.86 bits per heavy atom. The molecular formula is C14H14BrIN2O3. The maximum atomic E-state index is 11.3. The first kappa shape index (κ1) is 16.3. The van der Waals surface area contributed by atoms with Crippen LogP contribution in [0.5, 0.6) is 5.75 Å². The smallest absolute Gasteiger partial charge is 0.339 e. The first-order valence-corrected chi connectivity index (χ1v) is 8.18. The molecule has 112 valence electrons. The molecule has 0 spiro atoms. The van der Waals surface area contributed by atoms with E-state index in [1.165, 1.54) is 0 Å². The normalized spacial score (nSPS) is 10.7. The van der Waals surface area contributed by atoms with Crippen molar-refractivity contribution in [1.82, 2.24) is 9.78 Å². The Balaban J connectivity index is 2.27. The number of carboxylic acids is 1. The number of hydrogen-bond donors (Lipinski definition) is 1. The minimum atomic E-state index is -0.997. The average molecular weight is 465 g/mol. The summed E-state index contributed by atoms with van der Waals surface area (Å²) in [5.74, 6) is -0.640. The Hall–Kier alpha value is -1.09. The van der Waals surface area contributed by atoms with Gasteiger partial charge in [0.1, 0.15) is 17.9 Å². The van der Waals surface area contributed by atoms with Crippen LogP contribution in [0.25, 0.3) is 0 Å². The molecule has 0 saturated carbocycles. The van der Waals surface area contributed by atoms with E-state index in [4.69, 9.17) is 4.74 Å². The average Bonchev–Trinajstić information content (AvgIpc) is 2.72. The Kier molecular flexibility index (Phi) is 5.26. The van der Waals surface area contributed by atoms with Gasteiger partial charge in [0.2, 0.25) is 0 Å². The molecule has 1 aromatic heterocycles. The van der Waals surface area contributed by atoms with Gasteiger partial charge in [-0.3, -0.25) is 4.68 Å². The molecule has 0 saturated heterocycles. The molecular weight excluding hydrogens is 451 g/mol. The van der Waals surface area contributed by atoms with Crippen LogP contribution in [0.2, 0.25) is 0 Å². The number of carboxylic acid groups (broad SMARTS) is 1. The number of aromatic nitrogens is 2. The number of hydrogen-bond acceptors (Lipinski definition) is 3. The van der Waals surface area contributed by atoms with Crippen LogP contribution in [-0.4, -0.2) is 20.9 Å². The fraction of sp³-hybridized carbons (Fsp3) is 0.286. The molecule has 0 fully saturated rings. The van der Waals surface area contributed by atoms with Crippen LogP contribution in [-0.2, 0) is 13.2 Å². The van der Waals surface area contributed by atoms with Crippen molar-refractivity contribution in [2.24, 2.45) is 0 Å². The Morgan fingerprint density at radius 1 is 1.52 bits per heavy atom. The Bertz CT molecular complexity index is 685. The molecule has 21 heavy (non-hydrogen) atoms. The van der Waals surface area contributed by atoms with Crippen LogP contribution >= 0.6 is 38.5 Å². The highest BCUT2D eigenvalue weighted by Gasteiger charge is 2.16. The number of rotatable bonds is 5. The molecule has 1 heterocycles. The van der Waals surface area contributed by atoms with E-state index in [2.05, 4.69) is 43.6 Å². The number of aromatic carboxylic acids is 1. The highest BCUT2D eigenvalue weighted by Crippen LogP contribution is 2.25. The second-order valence-electron chi connectivity index (χ2n) is 4.40. The van der Waals surface area contributed by atoms with Gasteiger partial charge >= 0.3 is 5.97 Å². The van der Waals surface area contributed by atoms with Gasteiger partial charge in [-0.1, -0.05) is 0 Å². The molecule has 7 heteroatoms. The molecule has 0 aliphatic carbocycles. The van der Waals surface area contributed by atoms with E-state index in [1.54, 1.807) is 12.1 Å². The highest BCUT2D eigenvalue weighted by atomic mass is 127. The summed E-state index contributed by atoms with van der Waals surface area (Å²) in [6, 6.07) is 5.09. The fourth-order valence-corrected chi connectivity index (χ4v) is 2.84. The van der Waals surface area contributed by atoms with Gasteiger partial charge in [-0.25, -0.2) is 4.79 Å². The monoisotopic (exact) mass is 464 g/mol. The second-order valence-corrected chi connectivity index (χ2v) is 6.43. The zero-order valence-electron chi connectivity index (χ0n) is 11.6. The van der Waals surface area contributed by atoms with Gasteiger partial charge in [0, 0.05) is 10.1 Å². The number of benzene rings is 1. The number of nitrogens with zero attached hydrogens (tertiary/aromatic N) is 2. The van der Waals surface area contributed by atoms with Crippen molar-refractivity contribution in [2.75, 3.05) is 0 Å². The molecule has 0 unspecified atom stereocenters. The van der Waals surface area contributed by atoms with Crippen LogP contribution in [0.15, 0.2) is 22.7 Å². The van der Waals surface area contributed by atoms with Crippen LogP contribution < -0.4 is 4.74 Å². The van der Waals surface area contributed by atoms with E-state index in [9.17, 15) is 9.90 Å². The van der Waals surface area contributed by atoms with Crippen molar-refractivity contribution in [3.05, 3.63) is 43.2 Å². The van der Waals surface area contributed by atoms with Crippen molar-refractivity contribution in [3.8, 4) is 5.75 Å². The van der Waals surface area contributed by atoms with Gasteiger partial charge in [0.05, 0.1) is 15.9 Å². The maximum Gasteiger partial charge on any atom is 0.339 e. The summed E-state index contributed by atoms with van der Waals surface area (Å²) >= 11 is 5.57. The van der Waals surface area contributed by atoms with Gasteiger partial charge in [0.15, 0.2) is 0 Å². The summed E-state index contributed by atoms with van der Waals surface area (Å²) in [5, 5.41) is 13.6. The lowest BCUT2D eigenvalue weighted by Gasteiger charge is -2.11. The Morgan fingerprint density at radius 2 is 2.24 bits per heavy atom. The van der Waals surface area contributed by atoms with Crippen LogP contribution in [0.1, 0.15) is 28.7 Å². The molecule has 1 N–H and O–H groups in total. The van der Waals surface area contributed by atoms with E-state index in [1.807, 2.05) is 24.6 Å². The van der Waals surface area contributed by atoms with Crippen LogP contribution in [0.3, 0.4) is 0 Å². The van der Waals surface area contributed by atoms with Gasteiger partial charge in [0.25, 0.3) is 0 Å². The molecule has 0 amide bonds. The molecule has 2 rings (SSSR count). The predicted octanol–water partition coefficient (Wildman–Crippen LogP) is 3.86. The minimum Gasteiger partial charge on any atom is -0.486 e. The van der Waals surface area contributed by atoms with Crippen molar-refractivity contribution < 1.29 is 14.6 Å². The molecule has 0 atom stereocenters. The van der Waals surface area contributed by atoms with Gasteiger partial charge in [-0.05, 0) is 70.6 Å². The summed E-state index contributed by atoms with van der Waals surface area (Å²) in [7, 11) is 0. The summed E-state index contributed by atoms with van der Waals surface area (Å²) in [5.41, 5.74) is 1.94. The third-order valence-corrected chi connectivity index (χ3v) is 4.69. The number of aryl methyl sites for hydroxylation is 2. The Labute approximate surface area is 144 Å². The zero-order chi connectivity index (χ0) is 15.6. The first-order valence-electron chi connectivity index (χ1n) is 6.31. The van der Waals surface area contributed by atoms with E-state index in [0.717, 1.165) is 26.0 Å². The lowest BCUT2D eigenvalue weighted by molar-refractivity contribution is 0.0691. The van der Waals surface area contributed by atoms with Gasteiger partial charge < -0.3 is 9.84 Å². The van der Waals surface area contributed by atoms with E-state index >= 15 is 0 Å². The molecule has 2 aromatic rings. The quantitative estimate of drug-likeness (QED) is 0.682. The standard InChI is InChI=1S/C14H14BrIN2O3/c1-3-18-11(13(15)8(2)17-18)7-21-12-5-4-9(16)6-10(12)14(19)20/h4-6H,3,7H2,1-2H3,(H,19,20). The van der Waals surface area contributed by atoms with Gasteiger partial charge in [-0.2, -0.15) is 5.10 Å². The lowest BCUT2D eigenvalue weighted by atomic mass is 10.2. The van der Waals surface area contributed by atoms with Crippen molar-refractivity contribution >= 4 is 44.5 Å². The topological polar surface area (TPSA) is 64.4 Å². The largest absolute Gasteiger partial charge is 0.486 e. The number of ether oxygens (including phenoxy) is 1. The molecule has 0 aliphatic rings. The first-order chi connectivity index (χ1) is 9.93. The predicted molar refractivity (Wildman–Crippen MR) is 90.8 cm³/mol.